The van der Waals surface area contributed by atoms with Crippen molar-refractivity contribution in [3.8, 4) is 5.69 Å². The molecular formula is C22H26N4O. The van der Waals surface area contributed by atoms with Gasteiger partial charge in [-0.05, 0) is 80.6 Å². The zero-order valence-corrected chi connectivity index (χ0v) is 16.0. The van der Waals surface area contributed by atoms with Gasteiger partial charge in [0.1, 0.15) is 0 Å². The van der Waals surface area contributed by atoms with Crippen molar-refractivity contribution in [1.29, 1.82) is 0 Å². The largest absolute Gasteiger partial charge is 0.329 e. The summed E-state index contributed by atoms with van der Waals surface area (Å²) in [6, 6.07) is 10.2. The van der Waals surface area contributed by atoms with E-state index in [4.69, 9.17) is 0 Å². The minimum Gasteiger partial charge on any atom is -0.329 e. The maximum atomic E-state index is 11.5. The quantitative estimate of drug-likeness (QED) is 0.772. The van der Waals surface area contributed by atoms with Gasteiger partial charge in [-0.2, -0.15) is 5.10 Å². The topological polar surface area (TPSA) is 53.9 Å². The fourth-order valence-electron chi connectivity index (χ4n) is 3.85. The molecule has 2 aromatic heterocycles. The molecule has 0 aliphatic carbocycles. The molecule has 1 N–H and O–H groups in total. The van der Waals surface area contributed by atoms with Gasteiger partial charge in [0.15, 0.2) is 0 Å². The smallest absolute Gasteiger partial charge is 0.248 e. The summed E-state index contributed by atoms with van der Waals surface area (Å²) in [4.78, 5) is 16.7. The zero-order valence-electron chi connectivity index (χ0n) is 16.0. The lowest BCUT2D eigenvalue weighted by Gasteiger charge is -2.31. The molecule has 1 saturated heterocycles. The highest BCUT2D eigenvalue weighted by Crippen LogP contribution is 2.27. The molecule has 4 rings (SSSR count). The van der Waals surface area contributed by atoms with Crippen LogP contribution in [0.15, 0.2) is 53.7 Å². The number of nitrogens with one attached hydrogen (secondary N) is 1. The minimum absolute atomic E-state index is 0.00585. The first kappa shape index (κ1) is 17.7. The van der Waals surface area contributed by atoms with Crippen molar-refractivity contribution in [2.45, 2.75) is 39.2 Å². The van der Waals surface area contributed by atoms with E-state index in [0.717, 1.165) is 38.2 Å². The first-order valence-corrected chi connectivity index (χ1v) is 9.60. The molecule has 5 heteroatoms. The fraction of sp³-hybridized carbons (Fsp3) is 0.364. The van der Waals surface area contributed by atoms with Crippen LogP contribution in [-0.2, 0) is 6.54 Å². The SMILES string of the molecule is Cc1ccc(-n2cc(CN3CCC(c4cc[nH]c(=O)c4)CC3)cn2)cc1C. The van der Waals surface area contributed by atoms with Crippen LogP contribution in [0.4, 0.5) is 0 Å². The van der Waals surface area contributed by atoms with E-state index in [0.29, 0.717) is 5.92 Å². The summed E-state index contributed by atoms with van der Waals surface area (Å²) < 4.78 is 1.96. The molecule has 3 heterocycles. The standard InChI is InChI=1S/C22H26N4O/c1-16-3-4-21(11-17(16)2)26-15-18(13-24-26)14-25-9-6-19(7-10-25)20-5-8-23-22(27)12-20/h3-5,8,11-13,15,19H,6-7,9-10,14H2,1-2H3,(H,23,27). The first-order chi connectivity index (χ1) is 13.1. The van der Waals surface area contributed by atoms with Crippen LogP contribution >= 0.6 is 0 Å². The van der Waals surface area contributed by atoms with E-state index in [2.05, 4.69) is 53.2 Å². The molecule has 0 atom stereocenters. The Hall–Kier alpha value is -2.66. The number of pyridine rings is 1. The Kier molecular flexibility index (Phi) is 4.94. The van der Waals surface area contributed by atoms with E-state index in [-0.39, 0.29) is 5.56 Å². The summed E-state index contributed by atoms with van der Waals surface area (Å²) in [6.07, 6.45) is 8.04. The summed E-state index contributed by atoms with van der Waals surface area (Å²) in [7, 11) is 0. The fourth-order valence-corrected chi connectivity index (χ4v) is 3.85. The molecule has 0 saturated carbocycles. The monoisotopic (exact) mass is 362 g/mol. The normalized spacial score (nSPS) is 15.9. The maximum absolute atomic E-state index is 11.5. The molecule has 1 aromatic carbocycles. The maximum Gasteiger partial charge on any atom is 0.248 e. The van der Waals surface area contributed by atoms with Crippen LogP contribution in [0.1, 0.15) is 41.0 Å². The minimum atomic E-state index is -0.00585. The lowest BCUT2D eigenvalue weighted by atomic mass is 9.90. The van der Waals surface area contributed by atoms with E-state index in [1.165, 1.54) is 22.3 Å². The van der Waals surface area contributed by atoms with Crippen LogP contribution in [0.2, 0.25) is 0 Å². The second-order valence-corrected chi connectivity index (χ2v) is 7.60. The number of nitrogens with zero attached hydrogens (tertiary/aromatic N) is 3. The summed E-state index contributed by atoms with van der Waals surface area (Å²) in [5, 5.41) is 4.55. The number of benzene rings is 1. The number of H-pyrrole nitrogens is 1. The third kappa shape index (κ3) is 4.03. The van der Waals surface area contributed by atoms with Crippen molar-refractivity contribution in [3.05, 3.63) is 81.5 Å². The van der Waals surface area contributed by atoms with Crippen molar-refractivity contribution >= 4 is 0 Å². The molecule has 27 heavy (non-hydrogen) atoms. The molecule has 0 amide bonds. The van der Waals surface area contributed by atoms with E-state index in [1.807, 2.05) is 16.9 Å². The predicted octanol–water partition coefficient (Wildman–Crippen LogP) is 3.56. The zero-order chi connectivity index (χ0) is 18.8. The van der Waals surface area contributed by atoms with Gasteiger partial charge in [-0.3, -0.25) is 9.69 Å². The average molecular weight is 362 g/mol. The Morgan fingerprint density at radius 3 is 2.67 bits per heavy atom. The molecule has 140 valence electrons. The number of aromatic amines is 1. The number of hydrogen-bond donors (Lipinski definition) is 1. The third-order valence-corrected chi connectivity index (χ3v) is 5.66. The van der Waals surface area contributed by atoms with Crippen molar-refractivity contribution < 1.29 is 0 Å². The van der Waals surface area contributed by atoms with Gasteiger partial charge in [-0.1, -0.05) is 6.07 Å². The van der Waals surface area contributed by atoms with Crippen molar-refractivity contribution in [2.24, 2.45) is 0 Å². The van der Waals surface area contributed by atoms with Gasteiger partial charge in [0.05, 0.1) is 11.9 Å². The average Bonchev–Trinajstić information content (AvgIpc) is 3.13. The molecule has 3 aromatic rings. The highest BCUT2D eigenvalue weighted by Gasteiger charge is 2.21. The number of piperidine rings is 1. The molecule has 0 radical (unpaired) electrons. The first-order valence-electron chi connectivity index (χ1n) is 9.60. The number of aromatic nitrogens is 3. The van der Waals surface area contributed by atoms with Crippen molar-refractivity contribution in [3.63, 3.8) is 0 Å². The summed E-state index contributed by atoms with van der Waals surface area (Å²) in [6.45, 7) is 7.28. The van der Waals surface area contributed by atoms with E-state index < -0.39 is 0 Å². The molecule has 1 aliphatic rings. The van der Waals surface area contributed by atoms with Crippen molar-refractivity contribution in [1.82, 2.24) is 19.7 Å². The molecule has 1 aliphatic heterocycles. The second-order valence-electron chi connectivity index (χ2n) is 7.60. The molecule has 0 bridgehead atoms. The van der Waals surface area contributed by atoms with Gasteiger partial charge in [0, 0.05) is 30.6 Å². The molecule has 1 fully saturated rings. The van der Waals surface area contributed by atoms with Crippen LogP contribution in [0, 0.1) is 13.8 Å². The molecule has 5 nitrogen and oxygen atoms in total. The summed E-state index contributed by atoms with van der Waals surface area (Å²) in [5.41, 5.74) is 6.09. The number of rotatable bonds is 4. The van der Waals surface area contributed by atoms with Gasteiger partial charge < -0.3 is 4.98 Å². The predicted molar refractivity (Wildman–Crippen MR) is 107 cm³/mol. The molecule has 0 unspecified atom stereocenters. The van der Waals surface area contributed by atoms with Crippen LogP contribution in [0.5, 0.6) is 0 Å². The van der Waals surface area contributed by atoms with E-state index in [1.54, 1.807) is 12.3 Å². The Morgan fingerprint density at radius 2 is 1.93 bits per heavy atom. The van der Waals surface area contributed by atoms with Gasteiger partial charge in [-0.15, -0.1) is 0 Å². The Morgan fingerprint density at radius 1 is 1.11 bits per heavy atom. The number of likely N-dealkylation sites (tertiary alicyclic amines) is 1. The van der Waals surface area contributed by atoms with Crippen LogP contribution in [0.25, 0.3) is 5.69 Å². The van der Waals surface area contributed by atoms with Gasteiger partial charge in [-0.25, -0.2) is 4.68 Å². The lowest BCUT2D eigenvalue weighted by Crippen LogP contribution is -2.32. The van der Waals surface area contributed by atoms with Crippen molar-refractivity contribution in [2.75, 3.05) is 13.1 Å². The highest BCUT2D eigenvalue weighted by atomic mass is 16.1. The Balaban J connectivity index is 1.37. The Bertz CT molecular complexity index is 980. The molecule has 0 spiro atoms. The van der Waals surface area contributed by atoms with E-state index in [9.17, 15) is 4.79 Å². The van der Waals surface area contributed by atoms with E-state index >= 15 is 0 Å². The van der Waals surface area contributed by atoms with Gasteiger partial charge in [0.2, 0.25) is 5.56 Å². The Labute approximate surface area is 159 Å². The third-order valence-electron chi connectivity index (χ3n) is 5.66. The van der Waals surface area contributed by atoms with Crippen LogP contribution < -0.4 is 5.56 Å². The van der Waals surface area contributed by atoms with Crippen LogP contribution in [0.3, 0.4) is 0 Å². The second kappa shape index (κ2) is 7.53. The lowest BCUT2D eigenvalue weighted by molar-refractivity contribution is 0.204. The van der Waals surface area contributed by atoms with Gasteiger partial charge in [0.25, 0.3) is 0 Å². The molecular weight excluding hydrogens is 336 g/mol. The summed E-state index contributed by atoms with van der Waals surface area (Å²) in [5.74, 6) is 0.488. The van der Waals surface area contributed by atoms with Crippen LogP contribution in [-0.4, -0.2) is 32.8 Å². The summed E-state index contributed by atoms with van der Waals surface area (Å²) >= 11 is 0. The number of hydrogen-bond acceptors (Lipinski definition) is 3. The number of aryl methyl sites for hydroxylation is 2. The highest BCUT2D eigenvalue weighted by molar-refractivity contribution is 5.39. The van der Waals surface area contributed by atoms with Gasteiger partial charge >= 0.3 is 0 Å².